The summed E-state index contributed by atoms with van der Waals surface area (Å²) in [5, 5.41) is 2.47. The summed E-state index contributed by atoms with van der Waals surface area (Å²) in [6.45, 7) is 2.03. The molecule has 0 aromatic carbocycles. The van der Waals surface area contributed by atoms with Crippen LogP contribution in [0.3, 0.4) is 0 Å². The molecule has 26 heavy (non-hydrogen) atoms. The molecule has 0 saturated carbocycles. The largest absolute Gasteiger partial charge is 0.289 e. The Balaban J connectivity index is 1.51. The maximum Gasteiger partial charge on any atom is 0.280 e. The molecule has 1 amide bonds. The minimum Gasteiger partial charge on any atom is -0.289 e. The van der Waals surface area contributed by atoms with Crippen LogP contribution in [-0.2, 0) is 6.42 Å². The lowest BCUT2D eigenvalue weighted by molar-refractivity contribution is 0.101. The number of aromatic nitrogens is 4. The number of rotatable bonds is 3. The van der Waals surface area contributed by atoms with Gasteiger partial charge in [-0.1, -0.05) is 6.92 Å². The summed E-state index contributed by atoms with van der Waals surface area (Å²) < 4.78 is 3.09. The minimum atomic E-state index is -0.355. The van der Waals surface area contributed by atoms with Crippen LogP contribution in [0.1, 0.15) is 21.5 Å². The number of imidazole rings is 1. The summed E-state index contributed by atoms with van der Waals surface area (Å²) >= 11 is 4.34. The van der Waals surface area contributed by atoms with Gasteiger partial charge in [0.25, 0.3) is 11.5 Å². The van der Waals surface area contributed by atoms with Gasteiger partial charge in [-0.25, -0.2) is 14.6 Å². The zero-order chi connectivity index (χ0) is 17.8. The molecule has 5 heterocycles. The Kier molecular flexibility index (Phi) is 3.45. The minimum absolute atomic E-state index is 0.275. The van der Waals surface area contributed by atoms with E-state index in [9.17, 15) is 9.59 Å². The van der Waals surface area contributed by atoms with Crippen LogP contribution >= 0.6 is 34.0 Å². The SMILES string of the molecule is CCc1cc2c(=O)n(NC(=O)c3cc4c(nc5sccn54)s3)cnc2s1. The molecule has 0 bridgehead atoms. The van der Waals surface area contributed by atoms with Gasteiger partial charge in [0.1, 0.15) is 16.0 Å². The molecule has 10 heteroatoms. The van der Waals surface area contributed by atoms with Crippen LogP contribution in [0.15, 0.2) is 34.8 Å². The van der Waals surface area contributed by atoms with Crippen LogP contribution in [-0.4, -0.2) is 25.0 Å². The molecule has 0 saturated heterocycles. The van der Waals surface area contributed by atoms with Crippen molar-refractivity contribution in [3.8, 4) is 0 Å². The zero-order valence-electron chi connectivity index (χ0n) is 13.4. The maximum atomic E-state index is 12.6. The Morgan fingerprint density at radius 3 is 3.00 bits per heavy atom. The molecular formula is C16H11N5O2S3. The topological polar surface area (TPSA) is 81.3 Å². The quantitative estimate of drug-likeness (QED) is 0.503. The fourth-order valence-electron chi connectivity index (χ4n) is 2.75. The highest BCUT2D eigenvalue weighted by atomic mass is 32.1. The van der Waals surface area contributed by atoms with Crippen molar-refractivity contribution in [2.24, 2.45) is 0 Å². The Bertz CT molecular complexity index is 1350. The average Bonchev–Trinajstić information content (AvgIpc) is 3.36. The molecule has 0 aliphatic rings. The van der Waals surface area contributed by atoms with E-state index in [2.05, 4.69) is 15.4 Å². The number of thiazole rings is 1. The van der Waals surface area contributed by atoms with Crippen LogP contribution in [0.5, 0.6) is 0 Å². The van der Waals surface area contributed by atoms with Crippen molar-refractivity contribution < 1.29 is 4.79 Å². The van der Waals surface area contributed by atoms with Gasteiger partial charge in [0.05, 0.1) is 15.8 Å². The van der Waals surface area contributed by atoms with Crippen LogP contribution in [0, 0.1) is 0 Å². The second-order valence-corrected chi connectivity index (χ2v) is 8.63. The van der Waals surface area contributed by atoms with E-state index in [1.54, 1.807) is 17.4 Å². The highest BCUT2D eigenvalue weighted by Crippen LogP contribution is 2.28. The van der Waals surface area contributed by atoms with Crippen molar-refractivity contribution in [3.05, 3.63) is 50.1 Å². The van der Waals surface area contributed by atoms with E-state index in [0.717, 1.165) is 31.3 Å². The first-order valence-electron chi connectivity index (χ1n) is 7.80. The van der Waals surface area contributed by atoms with Gasteiger partial charge in [-0.05, 0) is 18.6 Å². The summed E-state index contributed by atoms with van der Waals surface area (Å²) in [4.78, 5) is 37.9. The van der Waals surface area contributed by atoms with Gasteiger partial charge in [0.2, 0.25) is 0 Å². The smallest absolute Gasteiger partial charge is 0.280 e. The number of hydrogen-bond acceptors (Lipinski definition) is 7. The van der Waals surface area contributed by atoms with E-state index in [1.807, 2.05) is 29.0 Å². The summed E-state index contributed by atoms with van der Waals surface area (Å²) in [6, 6.07) is 3.63. The highest BCUT2D eigenvalue weighted by Gasteiger charge is 2.16. The van der Waals surface area contributed by atoms with E-state index in [1.165, 1.54) is 29.0 Å². The number of fused-ring (bicyclic) bond motifs is 4. The first-order valence-corrected chi connectivity index (χ1v) is 10.3. The van der Waals surface area contributed by atoms with Crippen molar-refractivity contribution in [1.82, 2.24) is 19.0 Å². The lowest BCUT2D eigenvalue weighted by Gasteiger charge is -2.05. The zero-order valence-corrected chi connectivity index (χ0v) is 15.9. The van der Waals surface area contributed by atoms with Crippen LogP contribution in [0.4, 0.5) is 0 Å². The number of carbonyl (C=O) groups is 1. The molecular weight excluding hydrogens is 390 g/mol. The molecule has 7 nitrogen and oxygen atoms in total. The van der Waals surface area contributed by atoms with E-state index in [-0.39, 0.29) is 11.5 Å². The third-order valence-electron chi connectivity index (χ3n) is 4.04. The third kappa shape index (κ3) is 2.30. The Morgan fingerprint density at radius 2 is 2.15 bits per heavy atom. The molecule has 130 valence electrons. The van der Waals surface area contributed by atoms with Gasteiger partial charge in [-0.2, -0.15) is 0 Å². The predicted molar refractivity (Wildman–Crippen MR) is 105 cm³/mol. The average molecular weight is 401 g/mol. The van der Waals surface area contributed by atoms with Gasteiger partial charge >= 0.3 is 0 Å². The molecule has 0 aliphatic heterocycles. The standard InChI is InChI=1S/C16H11N5O2S3/c1-2-8-5-9-13(25-8)17-7-21(15(9)23)19-12(22)11-6-10-14(26-11)18-16-20(10)3-4-24-16/h3-7H,2H2,1H3,(H,19,22). The predicted octanol–water partition coefficient (Wildman–Crippen LogP) is 3.33. The van der Waals surface area contributed by atoms with Crippen molar-refractivity contribution in [1.29, 1.82) is 0 Å². The molecule has 5 aromatic heterocycles. The summed E-state index contributed by atoms with van der Waals surface area (Å²) in [7, 11) is 0. The molecule has 0 atom stereocenters. The monoisotopic (exact) mass is 401 g/mol. The van der Waals surface area contributed by atoms with Gasteiger partial charge in [0.15, 0.2) is 4.96 Å². The molecule has 0 spiro atoms. The lowest BCUT2D eigenvalue weighted by atomic mass is 10.3. The second-order valence-electron chi connectivity index (χ2n) is 5.61. The Labute approximate surface area is 158 Å². The number of nitrogens with one attached hydrogen (secondary N) is 1. The van der Waals surface area contributed by atoms with Crippen molar-refractivity contribution in [3.63, 3.8) is 0 Å². The summed E-state index contributed by atoms with van der Waals surface area (Å²) in [5.74, 6) is -0.355. The lowest BCUT2D eigenvalue weighted by Crippen LogP contribution is -2.32. The van der Waals surface area contributed by atoms with Crippen molar-refractivity contribution in [2.75, 3.05) is 5.43 Å². The van der Waals surface area contributed by atoms with Crippen molar-refractivity contribution in [2.45, 2.75) is 13.3 Å². The molecule has 0 aliphatic carbocycles. The fourth-order valence-corrected chi connectivity index (χ4v) is 5.37. The van der Waals surface area contributed by atoms with Gasteiger partial charge in [-0.3, -0.25) is 19.4 Å². The van der Waals surface area contributed by atoms with E-state index < -0.39 is 0 Å². The van der Waals surface area contributed by atoms with Crippen LogP contribution < -0.4 is 11.0 Å². The Hall–Kier alpha value is -2.56. The van der Waals surface area contributed by atoms with Gasteiger partial charge in [0, 0.05) is 16.5 Å². The van der Waals surface area contributed by atoms with Crippen LogP contribution in [0.2, 0.25) is 0 Å². The van der Waals surface area contributed by atoms with E-state index in [0.29, 0.717) is 15.1 Å². The molecule has 5 rings (SSSR count). The first kappa shape index (κ1) is 15.7. The van der Waals surface area contributed by atoms with E-state index >= 15 is 0 Å². The maximum absolute atomic E-state index is 12.6. The van der Waals surface area contributed by atoms with Crippen molar-refractivity contribution >= 4 is 65.4 Å². The summed E-state index contributed by atoms with van der Waals surface area (Å²) in [5.41, 5.74) is 3.24. The first-order chi connectivity index (χ1) is 12.6. The van der Waals surface area contributed by atoms with Gasteiger partial charge < -0.3 is 0 Å². The number of nitrogens with zero attached hydrogens (tertiary/aromatic N) is 4. The molecule has 1 N–H and O–H groups in total. The highest BCUT2D eigenvalue weighted by molar-refractivity contribution is 7.21. The van der Waals surface area contributed by atoms with Crippen LogP contribution in [0.25, 0.3) is 25.5 Å². The third-order valence-corrected chi connectivity index (χ3v) is 7.00. The molecule has 0 fully saturated rings. The van der Waals surface area contributed by atoms with Gasteiger partial charge in [-0.15, -0.1) is 34.0 Å². The second kappa shape index (κ2) is 5.73. The summed E-state index contributed by atoms with van der Waals surface area (Å²) in [6.07, 6.45) is 4.13. The number of hydrogen-bond donors (Lipinski definition) is 1. The number of aryl methyl sites for hydroxylation is 1. The number of thiophene rings is 2. The Morgan fingerprint density at radius 1 is 1.27 bits per heavy atom. The molecule has 0 unspecified atom stereocenters. The number of amides is 1. The molecule has 5 aromatic rings. The fraction of sp³-hybridized carbons (Fsp3) is 0.125. The molecule has 0 radical (unpaired) electrons. The number of carbonyl (C=O) groups excluding carboxylic acids is 1. The normalized spacial score (nSPS) is 11.7. The van der Waals surface area contributed by atoms with E-state index in [4.69, 9.17) is 0 Å².